The van der Waals surface area contributed by atoms with Crippen LogP contribution in [0.5, 0.6) is 0 Å². The summed E-state index contributed by atoms with van der Waals surface area (Å²) < 4.78 is 0. The van der Waals surface area contributed by atoms with Gasteiger partial charge < -0.3 is 21.1 Å². The number of aliphatic hydroxyl groups excluding tert-OH is 1. The molecule has 22 heavy (non-hydrogen) atoms. The molecular weight excluding hydrogens is 325 g/mol. The number of halogens is 2. The fourth-order valence-electron chi connectivity index (χ4n) is 2.33. The molecule has 0 aromatic carbocycles. The third-order valence-corrected chi connectivity index (χ3v) is 3.79. The van der Waals surface area contributed by atoms with Crippen molar-refractivity contribution >= 4 is 36.6 Å². The first kappa shape index (κ1) is 21.2. The topological polar surface area (TPSA) is 87.3 Å². The number of aromatic nitrogens is 2. The molecule has 1 atom stereocenters. The van der Waals surface area contributed by atoms with E-state index in [2.05, 4.69) is 15.3 Å². The van der Waals surface area contributed by atoms with E-state index in [9.17, 15) is 5.11 Å². The fourth-order valence-corrected chi connectivity index (χ4v) is 2.33. The van der Waals surface area contributed by atoms with Crippen LogP contribution >= 0.6 is 24.8 Å². The largest absolute Gasteiger partial charge is 0.394 e. The number of aliphatic hydroxyl groups is 1. The molecule has 6 nitrogen and oxygen atoms in total. The van der Waals surface area contributed by atoms with Gasteiger partial charge in [-0.25, -0.2) is 4.98 Å². The van der Waals surface area contributed by atoms with Crippen molar-refractivity contribution in [2.24, 2.45) is 5.73 Å². The average molecular weight is 352 g/mol. The normalized spacial score (nSPS) is 21.0. The number of nitrogens with one attached hydrogen (secondary N) is 1. The van der Waals surface area contributed by atoms with Crippen LogP contribution in [0.4, 0.5) is 11.8 Å². The van der Waals surface area contributed by atoms with Gasteiger partial charge in [0.1, 0.15) is 5.82 Å². The van der Waals surface area contributed by atoms with Crippen molar-refractivity contribution < 1.29 is 5.11 Å². The quantitative estimate of drug-likeness (QED) is 0.723. The van der Waals surface area contributed by atoms with Gasteiger partial charge in [-0.2, -0.15) is 4.98 Å². The third-order valence-electron chi connectivity index (χ3n) is 3.79. The molecule has 1 aromatic heterocycles. The minimum absolute atomic E-state index is 0. The summed E-state index contributed by atoms with van der Waals surface area (Å²) in [5.74, 6) is 1.90. The molecule has 8 heteroatoms. The smallest absolute Gasteiger partial charge is 0.227 e. The van der Waals surface area contributed by atoms with Crippen LogP contribution in [0, 0.1) is 0 Å². The molecule has 4 N–H and O–H groups in total. The zero-order chi connectivity index (χ0) is 14.7. The van der Waals surface area contributed by atoms with Gasteiger partial charge in [0.15, 0.2) is 0 Å². The van der Waals surface area contributed by atoms with Crippen LogP contribution in [0.25, 0.3) is 0 Å². The standard InChI is InChI=1S/C14H25N5O.2ClH/c1-4-11(8-20)16-13-7-12(9-5-10(15)6-9)17-14(18-13)19(2)3;;/h7,9-11,20H,4-6,8,15H2,1-3H3,(H,16,17,18);2*1H/t9?,10?,11-;;/m1../s1. The van der Waals surface area contributed by atoms with E-state index < -0.39 is 0 Å². The van der Waals surface area contributed by atoms with E-state index in [-0.39, 0.29) is 37.5 Å². The summed E-state index contributed by atoms with van der Waals surface area (Å²) in [6.45, 7) is 2.13. The van der Waals surface area contributed by atoms with Gasteiger partial charge in [0.25, 0.3) is 0 Å². The summed E-state index contributed by atoms with van der Waals surface area (Å²) in [6.07, 6.45) is 2.82. The first-order valence-electron chi connectivity index (χ1n) is 7.22. The van der Waals surface area contributed by atoms with Crippen LogP contribution in [0.3, 0.4) is 0 Å². The highest BCUT2D eigenvalue weighted by Gasteiger charge is 2.29. The van der Waals surface area contributed by atoms with Crippen molar-refractivity contribution in [1.82, 2.24) is 9.97 Å². The minimum atomic E-state index is 0. The van der Waals surface area contributed by atoms with Crippen molar-refractivity contribution in [2.45, 2.75) is 44.2 Å². The molecule has 1 fully saturated rings. The maximum absolute atomic E-state index is 9.30. The zero-order valence-electron chi connectivity index (χ0n) is 13.3. The van der Waals surface area contributed by atoms with Crippen LogP contribution < -0.4 is 16.0 Å². The molecule has 0 radical (unpaired) electrons. The zero-order valence-corrected chi connectivity index (χ0v) is 15.0. The summed E-state index contributed by atoms with van der Waals surface area (Å²) in [5.41, 5.74) is 6.91. The van der Waals surface area contributed by atoms with Crippen LogP contribution in [0.15, 0.2) is 6.07 Å². The SMILES string of the molecule is CC[C@H](CO)Nc1cc(C2CC(N)C2)nc(N(C)C)n1.Cl.Cl. The van der Waals surface area contributed by atoms with Gasteiger partial charge in [-0.05, 0) is 19.3 Å². The highest BCUT2D eigenvalue weighted by Crippen LogP contribution is 2.35. The molecule has 0 bridgehead atoms. The highest BCUT2D eigenvalue weighted by molar-refractivity contribution is 5.85. The lowest BCUT2D eigenvalue weighted by Crippen LogP contribution is -2.35. The molecular formula is C14H27Cl2N5O. The van der Waals surface area contributed by atoms with E-state index >= 15 is 0 Å². The van der Waals surface area contributed by atoms with E-state index in [0.717, 1.165) is 30.8 Å². The Kier molecular flexibility index (Phi) is 9.00. The second-order valence-corrected chi connectivity index (χ2v) is 5.73. The summed E-state index contributed by atoms with van der Waals surface area (Å²) >= 11 is 0. The summed E-state index contributed by atoms with van der Waals surface area (Å²) in [4.78, 5) is 11.0. The molecule has 2 rings (SSSR count). The van der Waals surface area contributed by atoms with Gasteiger partial charge in [0.2, 0.25) is 5.95 Å². The first-order valence-corrected chi connectivity index (χ1v) is 7.22. The van der Waals surface area contributed by atoms with Gasteiger partial charge in [-0.1, -0.05) is 6.92 Å². The van der Waals surface area contributed by atoms with E-state index in [4.69, 9.17) is 5.73 Å². The molecule has 1 saturated carbocycles. The molecule has 1 aromatic rings. The predicted molar refractivity (Wildman–Crippen MR) is 95.6 cm³/mol. The van der Waals surface area contributed by atoms with Gasteiger partial charge in [-0.3, -0.25) is 0 Å². The Morgan fingerprint density at radius 1 is 1.36 bits per heavy atom. The number of nitrogens with two attached hydrogens (primary N) is 1. The monoisotopic (exact) mass is 351 g/mol. The Bertz CT molecular complexity index is 451. The van der Waals surface area contributed by atoms with Crippen molar-refractivity contribution in [1.29, 1.82) is 0 Å². The molecule has 1 aliphatic rings. The molecule has 0 unspecified atom stereocenters. The van der Waals surface area contributed by atoms with E-state index in [1.54, 1.807) is 0 Å². The number of rotatable bonds is 6. The summed E-state index contributed by atoms with van der Waals surface area (Å²) in [7, 11) is 3.86. The molecule has 1 heterocycles. The second-order valence-electron chi connectivity index (χ2n) is 5.73. The van der Waals surface area contributed by atoms with Crippen molar-refractivity contribution in [2.75, 3.05) is 30.9 Å². The van der Waals surface area contributed by atoms with E-state index in [1.165, 1.54) is 0 Å². The number of anilines is 2. The second kappa shape index (κ2) is 9.35. The maximum atomic E-state index is 9.30. The number of nitrogens with zero attached hydrogens (tertiary/aromatic N) is 3. The van der Waals surface area contributed by atoms with Crippen molar-refractivity contribution in [3.8, 4) is 0 Å². The van der Waals surface area contributed by atoms with Gasteiger partial charge in [0, 0.05) is 32.1 Å². The first-order chi connectivity index (χ1) is 9.53. The summed E-state index contributed by atoms with van der Waals surface area (Å²) in [6, 6.07) is 2.31. The molecule has 0 aliphatic heterocycles. The lowest BCUT2D eigenvalue weighted by molar-refractivity contribution is 0.271. The Morgan fingerprint density at radius 3 is 2.45 bits per heavy atom. The van der Waals surface area contributed by atoms with Crippen LogP contribution in [-0.4, -0.2) is 47.9 Å². The summed E-state index contributed by atoms with van der Waals surface area (Å²) in [5, 5.41) is 12.6. The Balaban J connectivity index is 0.00000220. The fraction of sp³-hybridized carbons (Fsp3) is 0.714. The lowest BCUT2D eigenvalue weighted by Gasteiger charge is -2.32. The van der Waals surface area contributed by atoms with Gasteiger partial charge in [0.05, 0.1) is 18.3 Å². The number of hydrogen-bond donors (Lipinski definition) is 3. The van der Waals surface area contributed by atoms with Crippen molar-refractivity contribution in [3.05, 3.63) is 11.8 Å². The molecule has 1 aliphatic carbocycles. The maximum Gasteiger partial charge on any atom is 0.227 e. The molecule has 0 saturated heterocycles. The number of hydrogen-bond acceptors (Lipinski definition) is 6. The molecule has 0 amide bonds. The molecule has 128 valence electrons. The van der Waals surface area contributed by atoms with Gasteiger partial charge >= 0.3 is 0 Å². The minimum Gasteiger partial charge on any atom is -0.394 e. The predicted octanol–water partition coefficient (Wildman–Crippen LogP) is 1.77. The van der Waals surface area contributed by atoms with E-state index in [0.29, 0.717) is 17.9 Å². The molecule has 0 spiro atoms. The van der Waals surface area contributed by atoms with Crippen LogP contribution in [-0.2, 0) is 0 Å². The Morgan fingerprint density at radius 2 is 2.00 bits per heavy atom. The highest BCUT2D eigenvalue weighted by atomic mass is 35.5. The van der Waals surface area contributed by atoms with Crippen LogP contribution in [0.1, 0.15) is 37.8 Å². The average Bonchev–Trinajstić information content (AvgIpc) is 2.40. The van der Waals surface area contributed by atoms with Crippen LogP contribution in [0.2, 0.25) is 0 Å². The van der Waals surface area contributed by atoms with Crippen molar-refractivity contribution in [3.63, 3.8) is 0 Å². The van der Waals surface area contributed by atoms with E-state index in [1.807, 2.05) is 32.0 Å². The Labute approximate surface area is 144 Å². The Hall–Kier alpha value is -0.820. The lowest BCUT2D eigenvalue weighted by atomic mass is 9.78. The third kappa shape index (κ3) is 5.12. The van der Waals surface area contributed by atoms with Gasteiger partial charge in [-0.15, -0.1) is 24.8 Å².